The predicted molar refractivity (Wildman–Crippen MR) is 57.9 cm³/mol. The zero-order valence-corrected chi connectivity index (χ0v) is 9.40. The minimum atomic E-state index is -1.53. The molecule has 0 aromatic carbocycles. The summed E-state index contributed by atoms with van der Waals surface area (Å²) in [6.45, 7) is 1.59. The fraction of sp³-hybridized carbons (Fsp3) is 0.300. The fourth-order valence-corrected chi connectivity index (χ4v) is 1.28. The highest BCUT2D eigenvalue weighted by Crippen LogP contribution is 2.19. The molecule has 1 N–H and O–H groups in total. The lowest BCUT2D eigenvalue weighted by molar-refractivity contribution is -0.389. The van der Waals surface area contributed by atoms with Crippen LogP contribution in [0.4, 0.5) is 5.82 Å². The highest BCUT2D eigenvalue weighted by Gasteiger charge is 2.31. The number of aliphatic carboxylic acids is 1. The molecule has 1 aromatic heterocycles. The number of hydrogen-bond acceptors (Lipinski definition) is 6. The Balaban J connectivity index is 3.03. The molecule has 0 aliphatic rings. The highest BCUT2D eigenvalue weighted by molar-refractivity contribution is 5.99. The van der Waals surface area contributed by atoms with Gasteiger partial charge in [0.25, 0.3) is 0 Å². The van der Waals surface area contributed by atoms with Gasteiger partial charge in [-0.25, -0.2) is 0 Å². The Morgan fingerprint density at radius 3 is 2.61 bits per heavy atom. The van der Waals surface area contributed by atoms with E-state index in [1.165, 1.54) is 6.07 Å². The Hall–Kier alpha value is -2.51. The van der Waals surface area contributed by atoms with E-state index in [0.717, 1.165) is 12.3 Å². The monoisotopic (exact) mass is 254 g/mol. The maximum Gasteiger partial charge on any atom is 0.363 e. The molecule has 1 aromatic rings. The van der Waals surface area contributed by atoms with Crippen molar-refractivity contribution < 1.29 is 24.4 Å². The van der Waals surface area contributed by atoms with Crippen molar-refractivity contribution in [1.29, 1.82) is 0 Å². The van der Waals surface area contributed by atoms with Gasteiger partial charge in [-0.3, -0.25) is 9.59 Å². The van der Waals surface area contributed by atoms with Crippen molar-refractivity contribution in [3.63, 3.8) is 0 Å². The molecule has 0 aliphatic heterocycles. The largest absolute Gasteiger partial charge is 0.480 e. The number of hydrogen-bond donors (Lipinski definition) is 1. The number of aromatic nitrogens is 1. The molecule has 0 aliphatic carbocycles. The molecular formula is C10H10N2O6. The summed E-state index contributed by atoms with van der Waals surface area (Å²) in [5.74, 6) is -4.28. The molecule has 1 heterocycles. The van der Waals surface area contributed by atoms with Crippen molar-refractivity contribution in [3.8, 4) is 0 Å². The molecule has 1 atom stereocenters. The van der Waals surface area contributed by atoms with Gasteiger partial charge in [0, 0.05) is 11.6 Å². The summed E-state index contributed by atoms with van der Waals surface area (Å²) in [5, 5.41) is 19.3. The summed E-state index contributed by atoms with van der Waals surface area (Å²) in [6.07, 6.45) is 0.980. The van der Waals surface area contributed by atoms with Crippen molar-refractivity contribution in [2.45, 2.75) is 12.8 Å². The fourth-order valence-electron chi connectivity index (χ4n) is 1.28. The second-order valence-corrected chi connectivity index (χ2v) is 3.23. The summed E-state index contributed by atoms with van der Waals surface area (Å²) in [7, 11) is 0. The third-order valence-electron chi connectivity index (χ3n) is 2.06. The zero-order chi connectivity index (χ0) is 13.7. The molecule has 8 nitrogen and oxygen atoms in total. The van der Waals surface area contributed by atoms with Gasteiger partial charge >= 0.3 is 17.8 Å². The van der Waals surface area contributed by atoms with Gasteiger partial charge in [-0.15, -0.1) is 0 Å². The number of nitrogens with zero attached hydrogens (tertiary/aromatic N) is 2. The number of carbonyl (C=O) groups is 2. The van der Waals surface area contributed by atoms with E-state index in [-0.39, 0.29) is 12.2 Å². The van der Waals surface area contributed by atoms with Crippen LogP contribution in [0.3, 0.4) is 0 Å². The molecule has 0 radical (unpaired) electrons. The van der Waals surface area contributed by atoms with Gasteiger partial charge in [0.05, 0.1) is 6.61 Å². The Kier molecular flexibility index (Phi) is 4.30. The van der Waals surface area contributed by atoms with E-state index in [2.05, 4.69) is 9.72 Å². The molecule has 0 saturated heterocycles. The third-order valence-corrected chi connectivity index (χ3v) is 2.06. The van der Waals surface area contributed by atoms with Gasteiger partial charge in [-0.1, -0.05) is 0 Å². The van der Waals surface area contributed by atoms with E-state index in [4.69, 9.17) is 5.11 Å². The summed E-state index contributed by atoms with van der Waals surface area (Å²) >= 11 is 0. The molecule has 96 valence electrons. The molecule has 1 unspecified atom stereocenters. The minimum absolute atomic E-state index is 0.0338. The smallest absolute Gasteiger partial charge is 0.363 e. The summed E-state index contributed by atoms with van der Waals surface area (Å²) in [5.41, 5.74) is 0.0338. The Morgan fingerprint density at radius 1 is 1.56 bits per heavy atom. The van der Waals surface area contributed by atoms with Crippen molar-refractivity contribution in [3.05, 3.63) is 34.0 Å². The first-order chi connectivity index (χ1) is 8.47. The number of esters is 1. The van der Waals surface area contributed by atoms with E-state index in [0.29, 0.717) is 0 Å². The van der Waals surface area contributed by atoms with Crippen LogP contribution in [-0.4, -0.2) is 33.6 Å². The van der Waals surface area contributed by atoms with Crippen LogP contribution in [0.15, 0.2) is 18.3 Å². The summed E-state index contributed by atoms with van der Waals surface area (Å²) in [4.78, 5) is 35.5. The maximum atomic E-state index is 11.4. The first-order valence-corrected chi connectivity index (χ1v) is 4.97. The van der Waals surface area contributed by atoms with Crippen LogP contribution < -0.4 is 0 Å². The SMILES string of the molecule is CCOC(=O)C(C(=O)O)c1ccc([N+](=O)[O-])nc1. The normalized spacial score (nSPS) is 11.6. The van der Waals surface area contributed by atoms with Crippen molar-refractivity contribution in [2.75, 3.05) is 6.61 Å². The van der Waals surface area contributed by atoms with Crippen molar-refractivity contribution >= 4 is 17.8 Å². The average Bonchev–Trinajstić information content (AvgIpc) is 2.29. The van der Waals surface area contributed by atoms with E-state index in [1.54, 1.807) is 6.92 Å². The standard InChI is InChI=1S/C10H10N2O6/c1-2-18-10(15)8(9(13)14)6-3-4-7(11-5-6)12(16)17/h3-5,8H,2H2,1H3,(H,13,14). The highest BCUT2D eigenvalue weighted by atomic mass is 16.6. The van der Waals surface area contributed by atoms with E-state index in [9.17, 15) is 19.7 Å². The van der Waals surface area contributed by atoms with Crippen LogP contribution in [-0.2, 0) is 14.3 Å². The number of pyridine rings is 1. The number of carbonyl (C=O) groups excluding carboxylic acids is 1. The second-order valence-electron chi connectivity index (χ2n) is 3.23. The van der Waals surface area contributed by atoms with Gasteiger partial charge in [0.1, 0.15) is 6.20 Å². The molecule has 1 rings (SSSR count). The lowest BCUT2D eigenvalue weighted by Gasteiger charge is -2.09. The van der Waals surface area contributed by atoms with Crippen molar-refractivity contribution in [1.82, 2.24) is 4.98 Å². The van der Waals surface area contributed by atoms with Gasteiger partial charge in [-0.05, 0) is 22.9 Å². The maximum absolute atomic E-state index is 11.4. The number of nitro groups is 1. The Morgan fingerprint density at radius 2 is 2.22 bits per heavy atom. The molecule has 0 fully saturated rings. The average molecular weight is 254 g/mol. The van der Waals surface area contributed by atoms with Gasteiger partial charge in [-0.2, -0.15) is 0 Å². The quantitative estimate of drug-likeness (QED) is 0.355. The Bertz CT molecular complexity index is 470. The molecule has 8 heteroatoms. The lowest BCUT2D eigenvalue weighted by Crippen LogP contribution is -2.24. The van der Waals surface area contributed by atoms with Crippen molar-refractivity contribution in [2.24, 2.45) is 0 Å². The van der Waals surface area contributed by atoms with Crippen LogP contribution in [0, 0.1) is 10.1 Å². The van der Waals surface area contributed by atoms with Crippen LogP contribution in [0.5, 0.6) is 0 Å². The van der Waals surface area contributed by atoms with Crippen LogP contribution in [0.25, 0.3) is 0 Å². The molecule has 0 bridgehead atoms. The van der Waals surface area contributed by atoms with Gasteiger partial charge in [0.15, 0.2) is 5.92 Å². The third kappa shape index (κ3) is 3.00. The summed E-state index contributed by atoms with van der Waals surface area (Å²) < 4.78 is 4.62. The number of carboxylic acids is 1. The predicted octanol–water partition coefficient (Wildman–Crippen LogP) is 0.721. The van der Waals surface area contributed by atoms with Crippen LogP contribution >= 0.6 is 0 Å². The minimum Gasteiger partial charge on any atom is -0.480 e. The number of ether oxygens (including phenoxy) is 1. The first kappa shape index (κ1) is 13.6. The van der Waals surface area contributed by atoms with Crippen LogP contribution in [0.1, 0.15) is 18.4 Å². The van der Waals surface area contributed by atoms with Gasteiger partial charge < -0.3 is 20.0 Å². The molecule has 18 heavy (non-hydrogen) atoms. The molecule has 0 spiro atoms. The van der Waals surface area contributed by atoms with E-state index >= 15 is 0 Å². The second kappa shape index (κ2) is 5.71. The van der Waals surface area contributed by atoms with E-state index < -0.39 is 28.6 Å². The topological polar surface area (TPSA) is 120 Å². The Labute approximate surface area is 101 Å². The molecular weight excluding hydrogens is 244 g/mol. The van der Waals surface area contributed by atoms with Gasteiger partial charge in [0.2, 0.25) is 0 Å². The number of carboxylic acid groups (broad SMARTS) is 1. The summed E-state index contributed by atoms with van der Waals surface area (Å²) in [6, 6.07) is 2.20. The lowest BCUT2D eigenvalue weighted by atomic mass is 10.0. The number of rotatable bonds is 5. The molecule has 0 amide bonds. The van der Waals surface area contributed by atoms with E-state index in [1.807, 2.05) is 0 Å². The first-order valence-electron chi connectivity index (χ1n) is 4.97. The zero-order valence-electron chi connectivity index (χ0n) is 9.40. The van der Waals surface area contributed by atoms with Crippen LogP contribution in [0.2, 0.25) is 0 Å². The molecule has 0 saturated carbocycles.